The Morgan fingerprint density at radius 2 is 1.83 bits per heavy atom. The van der Waals surface area contributed by atoms with Gasteiger partial charge in [-0.25, -0.2) is 4.39 Å². The van der Waals surface area contributed by atoms with Gasteiger partial charge in [-0.1, -0.05) is 18.2 Å². The molecule has 0 bridgehead atoms. The molecule has 2 aromatic carbocycles. The van der Waals surface area contributed by atoms with Crippen LogP contribution in [0.2, 0.25) is 0 Å². The Morgan fingerprint density at radius 3 is 2.47 bits per heavy atom. The molecule has 2 N–H and O–H groups in total. The molecule has 1 fully saturated rings. The third-order valence-electron chi connectivity index (χ3n) is 5.06. The van der Waals surface area contributed by atoms with E-state index in [1.165, 1.54) is 33.4 Å². The molecule has 2 atom stereocenters. The van der Waals surface area contributed by atoms with Gasteiger partial charge >= 0.3 is 0 Å². The van der Waals surface area contributed by atoms with Crippen LogP contribution in [0.4, 0.5) is 4.39 Å². The molecule has 1 saturated heterocycles. The van der Waals surface area contributed by atoms with Crippen LogP contribution < -0.4 is 19.5 Å². The van der Waals surface area contributed by atoms with Gasteiger partial charge in [0.25, 0.3) is 10.2 Å². The number of carbonyl (C=O) groups is 1. The number of rotatable bonds is 6. The summed E-state index contributed by atoms with van der Waals surface area (Å²) in [5, 5.41) is 2.73. The number of hydrogen-bond acceptors (Lipinski definition) is 5. The summed E-state index contributed by atoms with van der Waals surface area (Å²) in [6.45, 7) is 0.165. The Morgan fingerprint density at radius 1 is 1.17 bits per heavy atom. The lowest BCUT2D eigenvalue weighted by atomic mass is 9.99. The molecule has 162 valence electrons. The first-order valence-corrected chi connectivity index (χ1v) is 10.7. The first-order valence-electron chi connectivity index (χ1n) is 9.24. The zero-order valence-electron chi connectivity index (χ0n) is 16.9. The third kappa shape index (κ3) is 4.72. The van der Waals surface area contributed by atoms with Crippen LogP contribution in [-0.2, 0) is 21.5 Å². The lowest BCUT2D eigenvalue weighted by Gasteiger charge is -2.36. The summed E-state index contributed by atoms with van der Waals surface area (Å²) in [5.74, 6) is 0.181. The molecule has 8 nitrogen and oxygen atoms in total. The maximum Gasteiger partial charge on any atom is 0.280 e. The molecule has 0 saturated carbocycles. The minimum absolute atomic E-state index is 0.165. The minimum Gasteiger partial charge on any atom is -0.493 e. The Kier molecular flexibility index (Phi) is 6.59. The summed E-state index contributed by atoms with van der Waals surface area (Å²) < 4.78 is 52.4. The number of halogens is 1. The molecule has 1 heterocycles. The SMILES string of the molecule is COc1ccc(C2CC(C(=O)NCc3ccc(F)cc3)N(C)S(=O)(=O)N2)cc1OC. The van der Waals surface area contributed by atoms with Gasteiger partial charge in [-0.05, 0) is 41.8 Å². The van der Waals surface area contributed by atoms with Gasteiger partial charge in [0.1, 0.15) is 11.9 Å². The van der Waals surface area contributed by atoms with Gasteiger partial charge in [-0.15, -0.1) is 0 Å². The fourth-order valence-electron chi connectivity index (χ4n) is 3.31. The average molecular weight is 437 g/mol. The molecule has 2 unspecified atom stereocenters. The van der Waals surface area contributed by atoms with Crippen LogP contribution in [-0.4, -0.2) is 45.9 Å². The van der Waals surface area contributed by atoms with Gasteiger partial charge in [0.15, 0.2) is 11.5 Å². The van der Waals surface area contributed by atoms with Crippen LogP contribution in [0.3, 0.4) is 0 Å². The highest BCUT2D eigenvalue weighted by molar-refractivity contribution is 7.87. The summed E-state index contributed by atoms with van der Waals surface area (Å²) in [6, 6.07) is 9.30. The van der Waals surface area contributed by atoms with Crippen molar-refractivity contribution in [2.75, 3.05) is 21.3 Å². The van der Waals surface area contributed by atoms with E-state index in [-0.39, 0.29) is 18.8 Å². The number of nitrogens with one attached hydrogen (secondary N) is 2. The second-order valence-electron chi connectivity index (χ2n) is 6.90. The van der Waals surface area contributed by atoms with Crippen molar-refractivity contribution < 1.29 is 27.1 Å². The normalized spacial score (nSPS) is 21.1. The van der Waals surface area contributed by atoms with Crippen LogP contribution in [0.5, 0.6) is 11.5 Å². The Labute approximate surface area is 175 Å². The summed E-state index contributed by atoms with van der Waals surface area (Å²) >= 11 is 0. The van der Waals surface area contributed by atoms with Crippen molar-refractivity contribution in [3.05, 3.63) is 59.4 Å². The van der Waals surface area contributed by atoms with E-state index >= 15 is 0 Å². The topological polar surface area (TPSA) is 97.0 Å². The standard InChI is InChI=1S/C20H24FN3O5S/c1-24-17(20(25)22-12-13-4-7-15(21)8-5-13)11-16(23-30(24,26)27)14-6-9-18(28-2)19(10-14)29-3/h4-10,16-17,23H,11-12H2,1-3H3,(H,22,25). The second kappa shape index (κ2) is 8.99. The van der Waals surface area contributed by atoms with Crippen LogP contribution in [0.25, 0.3) is 0 Å². The van der Waals surface area contributed by atoms with Crippen LogP contribution in [0, 0.1) is 5.82 Å². The molecule has 0 aliphatic carbocycles. The smallest absolute Gasteiger partial charge is 0.280 e. The molecule has 1 aliphatic rings. The summed E-state index contributed by atoms with van der Waals surface area (Å²) in [5.41, 5.74) is 1.36. The van der Waals surface area contributed by atoms with E-state index in [1.807, 2.05) is 0 Å². The van der Waals surface area contributed by atoms with E-state index in [0.29, 0.717) is 22.6 Å². The quantitative estimate of drug-likeness (QED) is 0.718. The molecule has 0 aromatic heterocycles. The monoisotopic (exact) mass is 437 g/mol. The maximum absolute atomic E-state index is 13.0. The van der Waals surface area contributed by atoms with Gasteiger partial charge in [0.05, 0.1) is 20.3 Å². The zero-order chi connectivity index (χ0) is 21.9. The van der Waals surface area contributed by atoms with E-state index in [2.05, 4.69) is 10.0 Å². The van der Waals surface area contributed by atoms with Gasteiger partial charge in [0.2, 0.25) is 5.91 Å². The van der Waals surface area contributed by atoms with E-state index in [1.54, 1.807) is 30.3 Å². The fourth-order valence-corrected chi connectivity index (χ4v) is 4.58. The number of carbonyl (C=O) groups excluding carboxylic acids is 1. The van der Waals surface area contributed by atoms with E-state index < -0.39 is 28.2 Å². The number of nitrogens with zero attached hydrogens (tertiary/aromatic N) is 1. The van der Waals surface area contributed by atoms with Crippen molar-refractivity contribution in [2.45, 2.75) is 25.0 Å². The first kappa shape index (κ1) is 22.0. The van der Waals surface area contributed by atoms with Crippen molar-refractivity contribution in [1.82, 2.24) is 14.3 Å². The fraction of sp³-hybridized carbons (Fsp3) is 0.350. The van der Waals surface area contributed by atoms with Crippen molar-refractivity contribution in [3.8, 4) is 11.5 Å². The van der Waals surface area contributed by atoms with Gasteiger partial charge in [-0.2, -0.15) is 17.4 Å². The third-order valence-corrected chi connectivity index (χ3v) is 6.66. The molecular weight excluding hydrogens is 413 g/mol. The van der Waals surface area contributed by atoms with E-state index in [9.17, 15) is 17.6 Å². The molecule has 0 radical (unpaired) electrons. The number of likely N-dealkylation sites (N-methyl/N-ethyl adjacent to an activating group) is 1. The number of ether oxygens (including phenoxy) is 2. The number of methoxy groups -OCH3 is 2. The van der Waals surface area contributed by atoms with Crippen LogP contribution in [0.1, 0.15) is 23.6 Å². The van der Waals surface area contributed by atoms with Gasteiger partial charge in [-0.3, -0.25) is 4.79 Å². The Bertz CT molecular complexity index is 1010. The van der Waals surface area contributed by atoms with Crippen molar-refractivity contribution in [3.63, 3.8) is 0 Å². The Balaban J connectivity index is 1.79. The highest BCUT2D eigenvalue weighted by Gasteiger charge is 2.40. The van der Waals surface area contributed by atoms with Crippen LogP contribution in [0.15, 0.2) is 42.5 Å². The van der Waals surface area contributed by atoms with Gasteiger partial charge < -0.3 is 14.8 Å². The van der Waals surface area contributed by atoms with Gasteiger partial charge in [0, 0.05) is 13.6 Å². The molecule has 10 heteroatoms. The summed E-state index contributed by atoms with van der Waals surface area (Å²) in [4.78, 5) is 12.8. The predicted molar refractivity (Wildman–Crippen MR) is 109 cm³/mol. The van der Waals surface area contributed by atoms with Crippen LogP contribution >= 0.6 is 0 Å². The summed E-state index contributed by atoms with van der Waals surface area (Å²) in [6.07, 6.45) is 0.223. The predicted octanol–water partition coefficient (Wildman–Crippen LogP) is 1.74. The van der Waals surface area contributed by atoms with Crippen molar-refractivity contribution in [2.24, 2.45) is 0 Å². The second-order valence-corrected chi connectivity index (χ2v) is 8.66. The highest BCUT2D eigenvalue weighted by atomic mass is 32.2. The molecule has 3 rings (SSSR count). The lowest BCUT2D eigenvalue weighted by molar-refractivity contribution is -0.125. The van der Waals surface area contributed by atoms with E-state index in [4.69, 9.17) is 9.47 Å². The average Bonchev–Trinajstić information content (AvgIpc) is 2.74. The largest absolute Gasteiger partial charge is 0.493 e. The lowest BCUT2D eigenvalue weighted by Crippen LogP contribution is -2.57. The molecule has 0 spiro atoms. The number of benzene rings is 2. The maximum atomic E-state index is 13.0. The highest BCUT2D eigenvalue weighted by Crippen LogP contribution is 2.34. The van der Waals surface area contributed by atoms with Crippen molar-refractivity contribution in [1.29, 1.82) is 0 Å². The number of amides is 1. The molecule has 30 heavy (non-hydrogen) atoms. The summed E-state index contributed by atoms with van der Waals surface area (Å²) in [7, 11) is 0.484. The van der Waals surface area contributed by atoms with Crippen molar-refractivity contribution >= 4 is 16.1 Å². The van der Waals surface area contributed by atoms with E-state index in [0.717, 1.165) is 4.31 Å². The molecular formula is C20H24FN3O5S. The zero-order valence-corrected chi connectivity index (χ0v) is 17.7. The molecule has 1 amide bonds. The minimum atomic E-state index is -3.88. The first-order chi connectivity index (χ1) is 14.2. The number of hydrogen-bond donors (Lipinski definition) is 2. The Hall–Kier alpha value is -2.69. The molecule has 1 aliphatic heterocycles. The molecule has 2 aromatic rings.